The van der Waals surface area contributed by atoms with E-state index in [9.17, 15) is 14.7 Å². The van der Waals surface area contributed by atoms with Crippen molar-refractivity contribution in [1.82, 2.24) is 15.1 Å². The van der Waals surface area contributed by atoms with Gasteiger partial charge in [-0.3, -0.25) is 4.90 Å². The standard InChI is InChI=1S/C15H27N3O3/c1-14(2,3)18-9-7-17(8-10-18)13(21)16-15(4,12(19)20)11-5-6-11/h11H,5-10H2,1-4H3,(H,16,21)(H,19,20). The zero-order valence-electron chi connectivity index (χ0n) is 13.5. The van der Waals surface area contributed by atoms with E-state index in [2.05, 4.69) is 31.0 Å². The molecule has 1 atom stereocenters. The van der Waals surface area contributed by atoms with Gasteiger partial charge >= 0.3 is 12.0 Å². The molecule has 6 nitrogen and oxygen atoms in total. The molecule has 2 aliphatic rings. The Hall–Kier alpha value is -1.30. The molecule has 1 unspecified atom stereocenters. The van der Waals surface area contributed by atoms with Crippen LogP contribution in [0.1, 0.15) is 40.5 Å². The second-order valence-corrected chi connectivity index (χ2v) is 7.36. The first kappa shape index (κ1) is 16.1. The first-order valence-electron chi connectivity index (χ1n) is 7.70. The highest BCUT2D eigenvalue weighted by Gasteiger charge is 2.49. The summed E-state index contributed by atoms with van der Waals surface area (Å²) in [6, 6.07) is -0.250. The van der Waals surface area contributed by atoms with Gasteiger partial charge in [-0.2, -0.15) is 0 Å². The second-order valence-electron chi connectivity index (χ2n) is 7.36. The highest BCUT2D eigenvalue weighted by molar-refractivity contribution is 5.86. The van der Waals surface area contributed by atoms with Crippen LogP contribution in [0.5, 0.6) is 0 Å². The second kappa shape index (κ2) is 5.48. The van der Waals surface area contributed by atoms with E-state index in [1.807, 2.05) is 0 Å². The maximum Gasteiger partial charge on any atom is 0.329 e. The van der Waals surface area contributed by atoms with Gasteiger partial charge in [-0.1, -0.05) is 0 Å². The fourth-order valence-corrected chi connectivity index (χ4v) is 2.87. The van der Waals surface area contributed by atoms with Gasteiger partial charge in [0, 0.05) is 31.7 Å². The van der Waals surface area contributed by atoms with Gasteiger partial charge in [0.15, 0.2) is 0 Å². The minimum absolute atomic E-state index is 0.0646. The van der Waals surface area contributed by atoms with Crippen LogP contribution in [0, 0.1) is 5.92 Å². The van der Waals surface area contributed by atoms with Gasteiger partial charge < -0.3 is 15.3 Å². The summed E-state index contributed by atoms with van der Waals surface area (Å²) in [6.45, 7) is 11.0. The van der Waals surface area contributed by atoms with Gasteiger partial charge in [0.1, 0.15) is 5.54 Å². The molecule has 1 saturated carbocycles. The van der Waals surface area contributed by atoms with Crippen LogP contribution in [-0.2, 0) is 4.79 Å². The van der Waals surface area contributed by atoms with E-state index in [1.165, 1.54) is 0 Å². The van der Waals surface area contributed by atoms with E-state index in [1.54, 1.807) is 11.8 Å². The summed E-state index contributed by atoms with van der Waals surface area (Å²) in [4.78, 5) is 27.9. The summed E-state index contributed by atoms with van der Waals surface area (Å²) in [6.07, 6.45) is 1.75. The Kier molecular flexibility index (Phi) is 4.19. The molecule has 0 radical (unpaired) electrons. The molecular formula is C15H27N3O3. The smallest absolute Gasteiger partial charge is 0.329 e. The SMILES string of the molecule is CC(NC(=O)N1CCN(C(C)(C)C)CC1)(C(=O)O)C1CC1. The van der Waals surface area contributed by atoms with Crippen molar-refractivity contribution in [3.8, 4) is 0 Å². The topological polar surface area (TPSA) is 72.9 Å². The first-order valence-corrected chi connectivity index (χ1v) is 7.70. The van der Waals surface area contributed by atoms with Crippen molar-refractivity contribution in [3.05, 3.63) is 0 Å². The van der Waals surface area contributed by atoms with Gasteiger partial charge in [0.25, 0.3) is 0 Å². The molecule has 2 fully saturated rings. The van der Waals surface area contributed by atoms with E-state index in [0.717, 1.165) is 25.9 Å². The molecule has 21 heavy (non-hydrogen) atoms. The van der Waals surface area contributed by atoms with Crippen LogP contribution in [0.15, 0.2) is 0 Å². The van der Waals surface area contributed by atoms with Crippen molar-refractivity contribution in [2.45, 2.75) is 51.6 Å². The third kappa shape index (κ3) is 3.48. The van der Waals surface area contributed by atoms with E-state index < -0.39 is 11.5 Å². The van der Waals surface area contributed by atoms with Crippen LogP contribution in [-0.4, -0.2) is 64.2 Å². The first-order chi connectivity index (χ1) is 9.64. The Bertz CT molecular complexity index is 420. The quantitative estimate of drug-likeness (QED) is 0.825. The van der Waals surface area contributed by atoms with Crippen molar-refractivity contribution < 1.29 is 14.7 Å². The summed E-state index contributed by atoms with van der Waals surface area (Å²) in [5.41, 5.74) is -1.02. The van der Waals surface area contributed by atoms with Crippen LogP contribution in [0.4, 0.5) is 4.79 Å². The molecule has 2 N–H and O–H groups in total. The number of aliphatic carboxylic acids is 1. The van der Waals surface area contributed by atoms with E-state index in [-0.39, 0.29) is 17.5 Å². The van der Waals surface area contributed by atoms with E-state index in [0.29, 0.717) is 13.1 Å². The van der Waals surface area contributed by atoms with Crippen LogP contribution < -0.4 is 5.32 Å². The minimum Gasteiger partial charge on any atom is -0.480 e. The third-order valence-electron chi connectivity index (χ3n) is 4.72. The molecule has 2 rings (SSSR count). The number of carboxylic acids is 1. The Morgan fingerprint density at radius 3 is 1.95 bits per heavy atom. The van der Waals surface area contributed by atoms with Gasteiger partial charge in [-0.25, -0.2) is 9.59 Å². The number of carbonyl (C=O) groups is 2. The fraction of sp³-hybridized carbons (Fsp3) is 0.867. The zero-order valence-corrected chi connectivity index (χ0v) is 13.5. The minimum atomic E-state index is -1.13. The van der Waals surface area contributed by atoms with Crippen LogP contribution in [0.25, 0.3) is 0 Å². The van der Waals surface area contributed by atoms with Crippen LogP contribution >= 0.6 is 0 Å². The lowest BCUT2D eigenvalue weighted by Gasteiger charge is -2.42. The molecule has 6 heteroatoms. The summed E-state index contributed by atoms with van der Waals surface area (Å²) < 4.78 is 0. The van der Waals surface area contributed by atoms with Crippen LogP contribution in [0.2, 0.25) is 0 Å². The normalized spacial score (nSPS) is 23.5. The van der Waals surface area contributed by atoms with E-state index in [4.69, 9.17) is 0 Å². The molecule has 1 aliphatic carbocycles. The summed E-state index contributed by atoms with van der Waals surface area (Å²) >= 11 is 0. The zero-order chi connectivity index (χ0) is 15.8. The Labute approximate surface area is 126 Å². The number of hydrogen-bond acceptors (Lipinski definition) is 3. The summed E-state index contributed by atoms with van der Waals surface area (Å²) in [5, 5.41) is 12.1. The average molecular weight is 297 g/mol. The number of hydrogen-bond donors (Lipinski definition) is 2. The third-order valence-corrected chi connectivity index (χ3v) is 4.72. The lowest BCUT2D eigenvalue weighted by Crippen LogP contribution is -2.61. The average Bonchev–Trinajstić information content (AvgIpc) is 3.22. The maximum absolute atomic E-state index is 12.3. The molecule has 0 aromatic carbocycles. The molecule has 0 bridgehead atoms. The maximum atomic E-state index is 12.3. The van der Waals surface area contributed by atoms with Crippen molar-refractivity contribution in [1.29, 1.82) is 0 Å². The van der Waals surface area contributed by atoms with Crippen molar-refractivity contribution in [2.24, 2.45) is 5.92 Å². The number of piperazine rings is 1. The Morgan fingerprint density at radius 2 is 1.57 bits per heavy atom. The number of nitrogens with one attached hydrogen (secondary N) is 1. The summed E-state index contributed by atoms with van der Waals surface area (Å²) in [5.74, 6) is -0.874. The monoisotopic (exact) mass is 297 g/mol. The molecule has 1 aliphatic heterocycles. The van der Waals surface area contributed by atoms with Crippen LogP contribution in [0.3, 0.4) is 0 Å². The molecular weight excluding hydrogens is 270 g/mol. The van der Waals surface area contributed by atoms with E-state index >= 15 is 0 Å². The predicted molar refractivity (Wildman–Crippen MR) is 80.2 cm³/mol. The fourth-order valence-electron chi connectivity index (χ4n) is 2.87. The molecule has 1 saturated heterocycles. The molecule has 0 aromatic rings. The van der Waals surface area contributed by atoms with Crippen molar-refractivity contribution in [3.63, 3.8) is 0 Å². The van der Waals surface area contributed by atoms with Crippen molar-refractivity contribution >= 4 is 12.0 Å². The Balaban J connectivity index is 1.92. The molecule has 1 heterocycles. The number of rotatable bonds is 3. The van der Waals surface area contributed by atoms with Gasteiger partial charge in [-0.15, -0.1) is 0 Å². The largest absolute Gasteiger partial charge is 0.480 e. The highest BCUT2D eigenvalue weighted by Crippen LogP contribution is 2.39. The highest BCUT2D eigenvalue weighted by atomic mass is 16.4. The van der Waals surface area contributed by atoms with Crippen molar-refractivity contribution in [2.75, 3.05) is 26.2 Å². The predicted octanol–water partition coefficient (Wildman–Crippen LogP) is 1.37. The lowest BCUT2D eigenvalue weighted by molar-refractivity contribution is -0.144. The lowest BCUT2D eigenvalue weighted by atomic mass is 9.96. The number of urea groups is 1. The molecule has 2 amide bonds. The number of carbonyl (C=O) groups excluding carboxylic acids is 1. The summed E-state index contributed by atoms with van der Waals surface area (Å²) in [7, 11) is 0. The number of amides is 2. The molecule has 0 aromatic heterocycles. The number of nitrogens with zero attached hydrogens (tertiary/aromatic N) is 2. The van der Waals surface area contributed by atoms with Gasteiger partial charge in [-0.05, 0) is 46.5 Å². The Morgan fingerprint density at radius 1 is 1.05 bits per heavy atom. The van der Waals surface area contributed by atoms with Gasteiger partial charge in [0.2, 0.25) is 0 Å². The number of carboxylic acid groups (broad SMARTS) is 1. The molecule has 120 valence electrons. The molecule has 0 spiro atoms. The van der Waals surface area contributed by atoms with Gasteiger partial charge in [0.05, 0.1) is 0 Å².